The fourth-order valence-electron chi connectivity index (χ4n) is 2.32. The van der Waals surface area contributed by atoms with Crippen LogP contribution >= 0.6 is 11.3 Å². The van der Waals surface area contributed by atoms with E-state index in [1.165, 1.54) is 10.1 Å². The Bertz CT molecular complexity index is 942. The third-order valence-corrected chi connectivity index (χ3v) is 4.66. The molecule has 4 rings (SSSR count). The number of fused-ring (bicyclic) bond motifs is 2. The Morgan fingerprint density at radius 1 is 0.952 bits per heavy atom. The van der Waals surface area contributed by atoms with Gasteiger partial charge in [-0.05, 0) is 31.4 Å². The maximum atomic E-state index is 4.64. The smallest absolute Gasteiger partial charge is 0.182 e. The first kappa shape index (κ1) is 12.3. The number of benzene rings is 1. The summed E-state index contributed by atoms with van der Waals surface area (Å²) in [6.45, 7) is 3.91. The summed E-state index contributed by atoms with van der Waals surface area (Å²) < 4.78 is 1.25. The number of rotatable bonds is 1. The van der Waals surface area contributed by atoms with E-state index >= 15 is 0 Å². The van der Waals surface area contributed by atoms with Crippen LogP contribution in [0.25, 0.3) is 31.8 Å². The monoisotopic (exact) mass is 292 g/mol. The van der Waals surface area contributed by atoms with Crippen molar-refractivity contribution in [3.8, 4) is 10.6 Å². The Morgan fingerprint density at radius 3 is 2.62 bits per heavy atom. The molecule has 5 heteroatoms. The van der Waals surface area contributed by atoms with Crippen molar-refractivity contribution in [2.24, 2.45) is 0 Å². The van der Waals surface area contributed by atoms with E-state index in [0.717, 1.165) is 27.5 Å². The number of aryl methyl sites for hydroxylation is 2. The molecule has 3 heterocycles. The third-order valence-electron chi connectivity index (χ3n) is 3.54. The summed E-state index contributed by atoms with van der Waals surface area (Å²) in [6.07, 6.45) is 1.56. The lowest BCUT2D eigenvalue weighted by molar-refractivity contribution is 1.06. The summed E-state index contributed by atoms with van der Waals surface area (Å²) in [7, 11) is 0. The average molecular weight is 292 g/mol. The predicted octanol–water partition coefficient (Wildman–Crippen LogP) is 3.92. The van der Waals surface area contributed by atoms with Gasteiger partial charge in [-0.2, -0.15) is 0 Å². The minimum Gasteiger partial charge on any atom is -0.246 e. The quantitative estimate of drug-likeness (QED) is 0.533. The Hall–Kier alpha value is -2.40. The van der Waals surface area contributed by atoms with Gasteiger partial charge < -0.3 is 0 Å². The van der Waals surface area contributed by atoms with Crippen LogP contribution in [0.3, 0.4) is 0 Å². The Morgan fingerprint density at radius 2 is 1.76 bits per heavy atom. The molecule has 0 radical (unpaired) electrons. The standard InChI is InChI=1S/C16H12N4S/c1-9-10(2)20-16-15(19-9)14(17-8-18-16)13-7-11-5-3-4-6-12(11)21-13/h3-8H,1-2H3. The van der Waals surface area contributed by atoms with Crippen molar-refractivity contribution in [1.29, 1.82) is 0 Å². The normalized spacial score (nSPS) is 11.3. The van der Waals surface area contributed by atoms with E-state index in [4.69, 9.17) is 0 Å². The van der Waals surface area contributed by atoms with E-state index in [1.54, 1.807) is 17.7 Å². The lowest BCUT2D eigenvalue weighted by Crippen LogP contribution is -1.98. The average Bonchev–Trinajstić information content (AvgIpc) is 2.91. The van der Waals surface area contributed by atoms with Crippen molar-refractivity contribution < 1.29 is 0 Å². The highest BCUT2D eigenvalue weighted by Gasteiger charge is 2.13. The highest BCUT2D eigenvalue weighted by Crippen LogP contribution is 2.34. The highest BCUT2D eigenvalue weighted by molar-refractivity contribution is 7.22. The zero-order valence-electron chi connectivity index (χ0n) is 11.7. The van der Waals surface area contributed by atoms with Gasteiger partial charge in [0.05, 0.1) is 16.3 Å². The van der Waals surface area contributed by atoms with Gasteiger partial charge in [0.15, 0.2) is 5.65 Å². The van der Waals surface area contributed by atoms with Crippen LogP contribution in [-0.2, 0) is 0 Å². The molecule has 0 unspecified atom stereocenters. The van der Waals surface area contributed by atoms with Crippen molar-refractivity contribution in [1.82, 2.24) is 19.9 Å². The number of aromatic nitrogens is 4. The molecule has 0 bridgehead atoms. The molecule has 0 amide bonds. The summed E-state index contributed by atoms with van der Waals surface area (Å²) in [5.74, 6) is 0. The SMILES string of the molecule is Cc1nc2ncnc(-c3cc4ccccc4s3)c2nc1C. The molecule has 0 aliphatic carbocycles. The highest BCUT2D eigenvalue weighted by atomic mass is 32.1. The topological polar surface area (TPSA) is 51.6 Å². The summed E-state index contributed by atoms with van der Waals surface area (Å²) in [4.78, 5) is 18.9. The van der Waals surface area contributed by atoms with Crippen LogP contribution in [0.5, 0.6) is 0 Å². The molecule has 4 nitrogen and oxygen atoms in total. The molecule has 0 saturated carbocycles. The fourth-order valence-corrected chi connectivity index (χ4v) is 3.38. The number of hydrogen-bond donors (Lipinski definition) is 0. The molecule has 3 aromatic heterocycles. The first-order valence-corrected chi connectivity index (χ1v) is 7.49. The Balaban J connectivity index is 2.03. The van der Waals surface area contributed by atoms with Crippen LogP contribution in [0.2, 0.25) is 0 Å². The van der Waals surface area contributed by atoms with E-state index in [0.29, 0.717) is 5.65 Å². The zero-order chi connectivity index (χ0) is 14.4. The van der Waals surface area contributed by atoms with Gasteiger partial charge in [0.1, 0.15) is 17.5 Å². The maximum absolute atomic E-state index is 4.64. The van der Waals surface area contributed by atoms with Crippen LogP contribution in [0.15, 0.2) is 36.7 Å². The van der Waals surface area contributed by atoms with Gasteiger partial charge in [-0.3, -0.25) is 0 Å². The van der Waals surface area contributed by atoms with Gasteiger partial charge in [-0.1, -0.05) is 18.2 Å². The predicted molar refractivity (Wildman–Crippen MR) is 85.4 cm³/mol. The van der Waals surface area contributed by atoms with Crippen molar-refractivity contribution in [2.75, 3.05) is 0 Å². The molecule has 21 heavy (non-hydrogen) atoms. The Labute approximate surface area is 125 Å². The molecule has 102 valence electrons. The lowest BCUT2D eigenvalue weighted by atomic mass is 10.2. The number of thiophene rings is 1. The molecular weight excluding hydrogens is 280 g/mol. The first-order chi connectivity index (χ1) is 10.2. The third kappa shape index (κ3) is 1.97. The number of hydrogen-bond acceptors (Lipinski definition) is 5. The molecule has 0 atom stereocenters. The van der Waals surface area contributed by atoms with Crippen LogP contribution < -0.4 is 0 Å². The molecule has 0 N–H and O–H groups in total. The van der Waals surface area contributed by atoms with E-state index in [2.05, 4.69) is 38.1 Å². The second-order valence-electron chi connectivity index (χ2n) is 4.94. The molecule has 0 aliphatic rings. The molecule has 4 aromatic rings. The molecule has 0 aliphatic heterocycles. The lowest BCUT2D eigenvalue weighted by Gasteiger charge is -2.04. The van der Waals surface area contributed by atoms with Gasteiger partial charge in [-0.15, -0.1) is 11.3 Å². The van der Waals surface area contributed by atoms with Gasteiger partial charge in [0, 0.05) is 4.70 Å². The largest absolute Gasteiger partial charge is 0.246 e. The first-order valence-electron chi connectivity index (χ1n) is 6.67. The van der Waals surface area contributed by atoms with Crippen LogP contribution in [0, 0.1) is 13.8 Å². The second-order valence-corrected chi connectivity index (χ2v) is 6.02. The number of nitrogens with zero attached hydrogens (tertiary/aromatic N) is 4. The van der Waals surface area contributed by atoms with E-state index in [1.807, 2.05) is 26.0 Å². The van der Waals surface area contributed by atoms with Crippen molar-refractivity contribution in [2.45, 2.75) is 13.8 Å². The maximum Gasteiger partial charge on any atom is 0.182 e. The fraction of sp³-hybridized carbons (Fsp3) is 0.125. The van der Waals surface area contributed by atoms with Crippen LogP contribution in [-0.4, -0.2) is 19.9 Å². The molecule has 0 spiro atoms. The summed E-state index contributed by atoms with van der Waals surface area (Å²) in [6, 6.07) is 10.5. The van der Waals surface area contributed by atoms with Gasteiger partial charge >= 0.3 is 0 Å². The second kappa shape index (κ2) is 4.56. The van der Waals surface area contributed by atoms with Crippen LogP contribution in [0.1, 0.15) is 11.4 Å². The van der Waals surface area contributed by atoms with E-state index in [9.17, 15) is 0 Å². The van der Waals surface area contributed by atoms with Gasteiger partial charge in [0.2, 0.25) is 0 Å². The molecule has 1 aromatic carbocycles. The summed E-state index contributed by atoms with van der Waals surface area (Å²) >= 11 is 1.72. The van der Waals surface area contributed by atoms with E-state index in [-0.39, 0.29) is 0 Å². The molecule has 0 fully saturated rings. The molecular formula is C16H12N4S. The van der Waals surface area contributed by atoms with Crippen molar-refractivity contribution >= 4 is 32.6 Å². The zero-order valence-corrected chi connectivity index (χ0v) is 12.5. The summed E-state index contributed by atoms with van der Waals surface area (Å²) in [5.41, 5.74) is 4.10. The Kier molecular flexibility index (Phi) is 2.68. The van der Waals surface area contributed by atoms with Gasteiger partial charge in [0.25, 0.3) is 0 Å². The minimum absolute atomic E-state index is 0.653. The minimum atomic E-state index is 0.653. The summed E-state index contributed by atoms with van der Waals surface area (Å²) in [5, 5.41) is 1.22. The van der Waals surface area contributed by atoms with Crippen molar-refractivity contribution in [3.05, 3.63) is 48.0 Å². The van der Waals surface area contributed by atoms with Gasteiger partial charge in [-0.25, -0.2) is 19.9 Å². The van der Waals surface area contributed by atoms with Crippen molar-refractivity contribution in [3.63, 3.8) is 0 Å². The van der Waals surface area contributed by atoms with E-state index < -0.39 is 0 Å². The van der Waals surface area contributed by atoms with Crippen LogP contribution in [0.4, 0.5) is 0 Å². The molecule has 0 saturated heterocycles.